The maximum absolute atomic E-state index is 10.5. The minimum atomic E-state index is -1.53. The van der Waals surface area contributed by atoms with Crippen LogP contribution in [0.25, 0.3) is 10.2 Å². The molecule has 1 aliphatic carbocycles. The summed E-state index contributed by atoms with van der Waals surface area (Å²) in [5.41, 5.74) is 4.44. The van der Waals surface area contributed by atoms with Gasteiger partial charge in [-0.3, -0.25) is 0 Å². The highest BCUT2D eigenvalue weighted by Crippen LogP contribution is 2.66. The lowest BCUT2D eigenvalue weighted by molar-refractivity contribution is -0.0195. The molecule has 2 aliphatic rings. The molecule has 4 rings (SSSR count). The number of fused-ring (bicyclic) bond motifs is 2. The lowest BCUT2D eigenvalue weighted by atomic mass is 10.0. The summed E-state index contributed by atoms with van der Waals surface area (Å²) in [6.45, 7) is 0. The summed E-state index contributed by atoms with van der Waals surface area (Å²) in [5.74, 6) is 0.347. The lowest BCUT2D eigenvalue weighted by Gasteiger charge is -2.20. The molecule has 21 heavy (non-hydrogen) atoms. The van der Waals surface area contributed by atoms with Gasteiger partial charge >= 0.3 is 0 Å². The van der Waals surface area contributed by atoms with Gasteiger partial charge < -0.3 is 20.7 Å². The third-order valence-corrected chi connectivity index (χ3v) is 6.36. The van der Waals surface area contributed by atoms with E-state index in [2.05, 4.69) is 9.97 Å². The number of hydrogen-bond acceptors (Lipinski definition) is 7. The zero-order chi connectivity index (χ0) is 15.0. The number of alkyl halides is 2. The highest BCUT2D eigenvalue weighted by atomic mass is 35.5. The number of thiophene rings is 1. The third-order valence-electron chi connectivity index (χ3n) is 4.39. The summed E-state index contributed by atoms with van der Waals surface area (Å²) < 4.78 is 6.58. The van der Waals surface area contributed by atoms with Gasteiger partial charge in [-0.25, -0.2) is 9.97 Å². The van der Waals surface area contributed by atoms with E-state index in [0.29, 0.717) is 11.3 Å². The van der Waals surface area contributed by atoms with Crippen molar-refractivity contribution in [2.75, 3.05) is 11.6 Å². The predicted molar refractivity (Wildman–Crippen MR) is 79.7 cm³/mol. The highest BCUT2D eigenvalue weighted by molar-refractivity contribution is 7.18. The van der Waals surface area contributed by atoms with Gasteiger partial charge in [0, 0.05) is 5.56 Å². The molecule has 2 fully saturated rings. The van der Waals surface area contributed by atoms with Crippen LogP contribution in [0.3, 0.4) is 0 Å². The van der Waals surface area contributed by atoms with Crippen molar-refractivity contribution in [3.63, 3.8) is 0 Å². The Morgan fingerprint density at radius 3 is 2.90 bits per heavy atom. The van der Waals surface area contributed by atoms with Crippen molar-refractivity contribution < 1.29 is 14.9 Å². The fourth-order valence-corrected chi connectivity index (χ4v) is 4.94. The van der Waals surface area contributed by atoms with Gasteiger partial charge in [0.15, 0.2) is 0 Å². The van der Waals surface area contributed by atoms with E-state index in [1.54, 1.807) is 0 Å². The van der Waals surface area contributed by atoms with E-state index in [1.807, 2.05) is 5.38 Å². The largest absolute Gasteiger partial charge is 0.387 e. The second kappa shape index (κ2) is 4.18. The summed E-state index contributed by atoms with van der Waals surface area (Å²) in [6, 6.07) is 0. The molecule has 1 saturated carbocycles. The fraction of sp³-hybridized carbons (Fsp3) is 0.500. The minimum Gasteiger partial charge on any atom is -0.387 e. The molecule has 9 heteroatoms. The van der Waals surface area contributed by atoms with Gasteiger partial charge in [0.2, 0.25) is 0 Å². The van der Waals surface area contributed by atoms with E-state index in [1.165, 1.54) is 17.7 Å². The number of nitrogen functional groups attached to an aromatic ring is 1. The Balaban J connectivity index is 1.80. The Bertz CT molecular complexity index is 740. The van der Waals surface area contributed by atoms with Crippen molar-refractivity contribution in [1.82, 2.24) is 9.97 Å². The summed E-state index contributed by atoms with van der Waals surface area (Å²) in [4.78, 5) is 8.15. The molecule has 6 nitrogen and oxygen atoms in total. The van der Waals surface area contributed by atoms with E-state index in [-0.39, 0.29) is 5.88 Å². The average Bonchev–Trinajstić information content (AvgIpc) is 2.82. The van der Waals surface area contributed by atoms with Gasteiger partial charge in [0.25, 0.3) is 0 Å². The van der Waals surface area contributed by atoms with Gasteiger partial charge in [-0.05, 0) is 5.38 Å². The normalized spacial score (nSPS) is 41.4. The van der Waals surface area contributed by atoms with Crippen molar-refractivity contribution in [1.29, 1.82) is 0 Å². The van der Waals surface area contributed by atoms with Crippen molar-refractivity contribution in [3.8, 4) is 0 Å². The van der Waals surface area contributed by atoms with Gasteiger partial charge in [0.1, 0.15) is 35.6 Å². The average molecular weight is 348 g/mol. The van der Waals surface area contributed by atoms with Crippen LogP contribution in [0.5, 0.6) is 0 Å². The molecule has 2 aromatic rings. The molecule has 4 N–H and O–H groups in total. The van der Waals surface area contributed by atoms with Crippen LogP contribution in [0.4, 0.5) is 5.82 Å². The van der Waals surface area contributed by atoms with Crippen LogP contribution in [0.15, 0.2) is 11.7 Å². The van der Waals surface area contributed by atoms with E-state index < -0.39 is 28.8 Å². The summed E-state index contributed by atoms with van der Waals surface area (Å²) in [6.07, 6.45) is -0.319. The molecular formula is C12H11Cl2N3O3S. The first-order chi connectivity index (χ1) is 9.97. The number of ether oxygens (including phenoxy) is 1. The Kier molecular flexibility index (Phi) is 2.78. The Labute approximate surface area is 133 Å². The fourth-order valence-electron chi connectivity index (χ4n) is 3.08. The third kappa shape index (κ3) is 1.44. The summed E-state index contributed by atoms with van der Waals surface area (Å²) >= 11 is 13.6. The zero-order valence-corrected chi connectivity index (χ0v) is 12.9. The number of aliphatic hydroxyl groups is 2. The smallest absolute Gasteiger partial charge is 0.145 e. The summed E-state index contributed by atoms with van der Waals surface area (Å²) in [5, 5.41) is 21.4. The first kappa shape index (κ1) is 13.9. The van der Waals surface area contributed by atoms with Crippen molar-refractivity contribution in [2.24, 2.45) is 0 Å². The number of anilines is 1. The first-order valence-electron chi connectivity index (χ1n) is 6.23. The number of nitrogens with two attached hydrogens (primary N) is 1. The van der Waals surface area contributed by atoms with Gasteiger partial charge in [-0.1, -0.05) is 0 Å². The second-order valence-corrected chi connectivity index (χ2v) is 6.94. The Morgan fingerprint density at radius 1 is 1.48 bits per heavy atom. The molecule has 2 aromatic heterocycles. The zero-order valence-electron chi connectivity index (χ0n) is 10.5. The topological polar surface area (TPSA) is 101 Å². The van der Waals surface area contributed by atoms with E-state index in [4.69, 9.17) is 33.7 Å². The molecule has 0 bridgehead atoms. The van der Waals surface area contributed by atoms with E-state index in [0.717, 1.165) is 10.3 Å². The maximum atomic E-state index is 10.5. The first-order valence-corrected chi connectivity index (χ1v) is 8.08. The lowest BCUT2D eigenvalue weighted by Crippen LogP contribution is -2.30. The van der Waals surface area contributed by atoms with Crippen LogP contribution in [-0.2, 0) is 4.74 Å². The number of rotatable bonds is 2. The van der Waals surface area contributed by atoms with Crippen LogP contribution in [-0.4, -0.2) is 48.7 Å². The highest BCUT2D eigenvalue weighted by Gasteiger charge is 2.86. The molecule has 0 spiro atoms. The second-order valence-electron chi connectivity index (χ2n) is 5.32. The van der Waals surface area contributed by atoms with Gasteiger partial charge in [-0.2, -0.15) is 0 Å². The number of nitrogens with zero attached hydrogens (tertiary/aromatic N) is 2. The summed E-state index contributed by atoms with van der Waals surface area (Å²) in [7, 11) is 0. The van der Waals surface area contributed by atoms with Crippen LogP contribution in [0, 0.1) is 0 Å². The molecule has 1 aliphatic heterocycles. The molecule has 0 amide bonds. The molecule has 0 radical (unpaired) electrons. The monoisotopic (exact) mass is 347 g/mol. The van der Waals surface area contributed by atoms with Crippen LogP contribution in [0.2, 0.25) is 0 Å². The molecule has 1 saturated heterocycles. The van der Waals surface area contributed by atoms with Crippen LogP contribution >= 0.6 is 34.5 Å². The number of halogens is 2. The van der Waals surface area contributed by atoms with E-state index >= 15 is 0 Å². The standard InChI is InChI=1S/C12H11Cl2N3O3S/c13-2-11-10(18)12(11,19)8(14)6(20-11)4-1-21-7-5(4)16-3-17-9(7)15/h1,3,6,8,10,18-19H,2H2,(H2,15,16,17)/t6-,8-,10?,11+,12+/m0/s1. The van der Waals surface area contributed by atoms with Crippen LogP contribution < -0.4 is 5.73 Å². The van der Waals surface area contributed by atoms with Crippen LogP contribution in [0.1, 0.15) is 11.7 Å². The Morgan fingerprint density at radius 2 is 2.24 bits per heavy atom. The molecule has 1 unspecified atom stereocenters. The molecule has 112 valence electrons. The molecule has 3 heterocycles. The molecule has 0 aromatic carbocycles. The van der Waals surface area contributed by atoms with Gasteiger partial charge in [-0.15, -0.1) is 34.5 Å². The number of aromatic nitrogens is 2. The SMILES string of the molecule is Nc1ncnc2c([C@@H]3O[C@]4(CCl)C(O)[C@]4(O)[C@H]3Cl)csc12. The molecule has 5 atom stereocenters. The van der Waals surface area contributed by atoms with E-state index in [9.17, 15) is 10.2 Å². The minimum absolute atomic E-state index is 0.0381. The van der Waals surface area contributed by atoms with Crippen molar-refractivity contribution in [3.05, 3.63) is 17.3 Å². The van der Waals surface area contributed by atoms with Gasteiger partial charge in [0.05, 0.1) is 21.5 Å². The van der Waals surface area contributed by atoms with Crippen molar-refractivity contribution >= 4 is 50.6 Å². The number of aliphatic hydroxyl groups excluding tert-OH is 1. The van der Waals surface area contributed by atoms with Crippen molar-refractivity contribution in [2.45, 2.75) is 28.8 Å². The number of hydrogen-bond donors (Lipinski definition) is 3. The quantitative estimate of drug-likeness (QED) is 0.701. The maximum Gasteiger partial charge on any atom is 0.145 e. The Hall–Kier alpha value is -0.700. The predicted octanol–water partition coefficient (Wildman–Crippen LogP) is 1.04. The molecular weight excluding hydrogens is 337 g/mol.